The second-order valence-corrected chi connectivity index (χ2v) is 6.84. The molecule has 0 spiro atoms. The van der Waals surface area contributed by atoms with Crippen molar-refractivity contribution in [3.05, 3.63) is 0 Å². The van der Waals surface area contributed by atoms with Gasteiger partial charge < -0.3 is 25.1 Å². The van der Waals surface area contributed by atoms with E-state index in [1.165, 1.54) is 46.3 Å². The third-order valence-corrected chi connectivity index (χ3v) is 3.20. The molecule has 0 aliphatic carbocycles. The van der Waals surface area contributed by atoms with Gasteiger partial charge in [0.1, 0.15) is 5.78 Å². The highest BCUT2D eigenvalue weighted by atomic mass is 19.4. The van der Waals surface area contributed by atoms with E-state index in [1.54, 1.807) is 20.1 Å². The lowest BCUT2D eigenvalue weighted by molar-refractivity contribution is -0.116. The van der Waals surface area contributed by atoms with Crippen LogP contribution in [-0.4, -0.2) is 82.8 Å². The molecule has 1 rings (SSSR count). The summed E-state index contributed by atoms with van der Waals surface area (Å²) in [5.41, 5.74) is 4.50. The molecule has 0 unspecified atom stereocenters. The Morgan fingerprint density at radius 2 is 1.26 bits per heavy atom. The van der Waals surface area contributed by atoms with Gasteiger partial charge in [-0.1, -0.05) is 48.5 Å². The van der Waals surface area contributed by atoms with Crippen LogP contribution in [0.1, 0.15) is 95.4 Å². The van der Waals surface area contributed by atoms with Crippen LogP contribution in [0.25, 0.3) is 0 Å². The lowest BCUT2D eigenvalue weighted by Gasteiger charge is -2.07. The van der Waals surface area contributed by atoms with Crippen molar-refractivity contribution in [1.82, 2.24) is 9.80 Å². The molecule has 0 bridgehead atoms. The number of nitrogens with zero attached hydrogens (tertiary/aromatic N) is 3. The van der Waals surface area contributed by atoms with Gasteiger partial charge in [-0.05, 0) is 74.0 Å². The summed E-state index contributed by atoms with van der Waals surface area (Å²) in [7, 11) is 7.47. The molecule has 220 valence electrons. The lowest BCUT2D eigenvalue weighted by atomic mass is 10.4. The van der Waals surface area contributed by atoms with Crippen LogP contribution < -0.4 is 5.73 Å². The first-order valence-electron chi connectivity index (χ1n) is 12.0. The summed E-state index contributed by atoms with van der Waals surface area (Å²) in [5, 5.41) is 7.32. The van der Waals surface area contributed by atoms with Gasteiger partial charge in [0.25, 0.3) is 0 Å². The summed E-state index contributed by atoms with van der Waals surface area (Å²) in [5.74, 6) is 0.255. The van der Waals surface area contributed by atoms with Gasteiger partial charge in [0.2, 0.25) is 0 Å². The number of halogens is 3. The first-order valence-corrected chi connectivity index (χ1v) is 12.0. The van der Waals surface area contributed by atoms with E-state index in [0.717, 1.165) is 19.7 Å². The number of carbonyl (C=O) groups is 1. The molecule has 0 atom stereocenters. The largest absolute Gasteiger partial charge is 0.386 e. The quantitative estimate of drug-likeness (QED) is 0.428. The number of Topliss-reactive ketones (excluding diaryl/α,β-unsaturated/α-hetero) is 1. The average Bonchev–Trinajstić information content (AvgIpc) is 3.26. The second kappa shape index (κ2) is 53.9. The van der Waals surface area contributed by atoms with E-state index >= 15 is 0 Å². The zero-order chi connectivity index (χ0) is 29.0. The van der Waals surface area contributed by atoms with E-state index in [2.05, 4.69) is 62.1 Å². The van der Waals surface area contributed by atoms with Gasteiger partial charge in [0, 0.05) is 34.0 Å². The monoisotopic (exact) mass is 520 g/mol. The standard InChI is InChI=1S/C5H11N.C5H13N.C4H8O.C3H8O.C3H8.C2H3F3.C2H3N.CH5N.CH4/c1-6-4-2-3-5-6;1-4-6(3)5-2;1-3-4(2)5;1-3-4-2;1-3-2;1-2(3,4)5;1-2-3;1-2;/h2-5H2,1H3;4-5H2,1-3H3;3H2,1-2H3;3H2,1-2H3;3H2,1-2H3;1H3;1H3;2H2,1H3;1H4. The Bertz CT molecular complexity index is 347. The zero-order valence-electron chi connectivity index (χ0n) is 24.7. The average molecular weight is 521 g/mol. The Hall–Kier alpha value is -1.21. The van der Waals surface area contributed by atoms with Crippen LogP contribution in [0.5, 0.6) is 0 Å². The van der Waals surface area contributed by atoms with E-state index in [-0.39, 0.29) is 20.1 Å². The maximum atomic E-state index is 10.4. The Labute approximate surface area is 218 Å². The number of ketones is 1. The third kappa shape index (κ3) is 190. The first-order chi connectivity index (χ1) is 15.7. The molecule has 9 heteroatoms. The number of alkyl halides is 3. The molecule has 1 aliphatic heterocycles. The summed E-state index contributed by atoms with van der Waals surface area (Å²) in [4.78, 5) is 14.4. The van der Waals surface area contributed by atoms with E-state index in [9.17, 15) is 18.0 Å². The molecule has 0 amide bonds. The molecule has 0 radical (unpaired) electrons. The summed E-state index contributed by atoms with van der Waals surface area (Å²) in [6.07, 6.45) is 0.743. The molecular formula is C26H63F3N4O2. The van der Waals surface area contributed by atoms with Crippen molar-refractivity contribution < 1.29 is 22.7 Å². The van der Waals surface area contributed by atoms with Crippen LogP contribution in [0.15, 0.2) is 0 Å². The molecule has 0 aromatic carbocycles. The molecule has 0 aromatic rings. The van der Waals surface area contributed by atoms with Crippen LogP contribution in [0.3, 0.4) is 0 Å². The van der Waals surface area contributed by atoms with Gasteiger partial charge >= 0.3 is 6.18 Å². The minimum Gasteiger partial charge on any atom is -0.385 e. The van der Waals surface area contributed by atoms with Gasteiger partial charge in [0.05, 0.1) is 6.07 Å². The van der Waals surface area contributed by atoms with E-state index in [0.29, 0.717) is 6.42 Å². The normalized spacial score (nSPS) is 10.7. The topological polar surface area (TPSA) is 82.6 Å². The first kappa shape index (κ1) is 54.6. The minimum absolute atomic E-state index is 0. The fourth-order valence-electron chi connectivity index (χ4n) is 1.10. The van der Waals surface area contributed by atoms with E-state index in [4.69, 9.17) is 5.26 Å². The van der Waals surface area contributed by atoms with Crippen LogP contribution in [-0.2, 0) is 9.53 Å². The SMILES string of the molecule is C.CC#N.CC(F)(F)F.CCC.CCC(C)=O.CCN(C)CC.CCOC.CN.CN1CCCC1. The summed E-state index contributed by atoms with van der Waals surface area (Å²) in [6.45, 7) is 21.4. The molecule has 0 saturated carbocycles. The summed E-state index contributed by atoms with van der Waals surface area (Å²) in [6, 6.07) is 1.75. The van der Waals surface area contributed by atoms with Crippen molar-refractivity contribution in [3.8, 4) is 6.07 Å². The van der Waals surface area contributed by atoms with Gasteiger partial charge in [-0.15, -0.1) is 0 Å². The predicted octanol–water partition coefficient (Wildman–Crippen LogP) is 7.03. The molecule has 1 saturated heterocycles. The number of carbonyl (C=O) groups excluding carboxylic acids is 1. The van der Waals surface area contributed by atoms with Crippen LogP contribution in [0.4, 0.5) is 13.2 Å². The van der Waals surface area contributed by atoms with Gasteiger partial charge in [0.15, 0.2) is 0 Å². The van der Waals surface area contributed by atoms with Crippen molar-refractivity contribution in [3.63, 3.8) is 0 Å². The highest BCUT2D eigenvalue weighted by Crippen LogP contribution is 2.10. The Balaban J connectivity index is -0.0000000404. The highest BCUT2D eigenvalue weighted by molar-refractivity contribution is 5.74. The smallest absolute Gasteiger partial charge is 0.385 e. The Morgan fingerprint density at radius 1 is 1.06 bits per heavy atom. The molecule has 0 aromatic heterocycles. The molecule has 6 nitrogen and oxygen atoms in total. The van der Waals surface area contributed by atoms with Crippen LogP contribution in [0, 0.1) is 11.3 Å². The molecule has 1 aliphatic rings. The Morgan fingerprint density at radius 3 is 1.29 bits per heavy atom. The predicted molar refractivity (Wildman–Crippen MR) is 150 cm³/mol. The number of ether oxygens (including phenoxy) is 1. The van der Waals surface area contributed by atoms with Crippen molar-refractivity contribution >= 4 is 5.78 Å². The van der Waals surface area contributed by atoms with Crippen LogP contribution >= 0.6 is 0 Å². The van der Waals surface area contributed by atoms with Gasteiger partial charge in [-0.3, -0.25) is 0 Å². The Kier molecular flexibility index (Phi) is 84.2. The van der Waals surface area contributed by atoms with E-state index in [1.807, 2.05) is 13.8 Å². The highest BCUT2D eigenvalue weighted by Gasteiger charge is 2.15. The molecule has 35 heavy (non-hydrogen) atoms. The number of methoxy groups -OCH3 is 1. The maximum Gasteiger partial charge on any atom is 0.386 e. The number of nitrogens with two attached hydrogens (primary N) is 1. The fourth-order valence-corrected chi connectivity index (χ4v) is 1.10. The summed E-state index contributed by atoms with van der Waals surface area (Å²) < 4.78 is 35.6. The number of likely N-dealkylation sites (tertiary alicyclic amines) is 1. The molecule has 1 heterocycles. The zero-order valence-corrected chi connectivity index (χ0v) is 24.7. The van der Waals surface area contributed by atoms with Crippen molar-refractivity contribution in [2.24, 2.45) is 5.73 Å². The van der Waals surface area contributed by atoms with Gasteiger partial charge in [-0.2, -0.15) is 18.4 Å². The number of hydrogen-bond donors (Lipinski definition) is 1. The third-order valence-electron chi connectivity index (χ3n) is 3.20. The fraction of sp³-hybridized carbons (Fsp3) is 0.923. The van der Waals surface area contributed by atoms with Crippen LogP contribution in [0.2, 0.25) is 0 Å². The lowest BCUT2D eigenvalue weighted by Crippen LogP contribution is -2.15. The number of rotatable bonds is 4. The number of nitriles is 1. The maximum absolute atomic E-state index is 10.4. The van der Waals surface area contributed by atoms with Gasteiger partial charge in [-0.25, -0.2) is 0 Å². The molecular weight excluding hydrogens is 457 g/mol. The molecule has 2 N–H and O–H groups in total. The minimum atomic E-state index is -4.00. The van der Waals surface area contributed by atoms with Crippen molar-refractivity contribution in [2.45, 2.75) is 102 Å². The molecule has 1 fully saturated rings. The van der Waals surface area contributed by atoms with E-state index < -0.39 is 6.18 Å². The second-order valence-electron chi connectivity index (χ2n) is 6.84. The summed E-state index contributed by atoms with van der Waals surface area (Å²) >= 11 is 0. The van der Waals surface area contributed by atoms with Crippen molar-refractivity contribution in [1.29, 1.82) is 5.26 Å². The van der Waals surface area contributed by atoms with Crippen molar-refractivity contribution in [2.75, 3.05) is 61.0 Å². The number of hydrogen-bond acceptors (Lipinski definition) is 6.